The standard InChI is InChI=1S/C12H15N5O/c1-2-8-5-3-4-6-9(8)7-14-11(18)10-15-12(13)17-16-10/h3-6H,2,7H2,1H3,(H,14,18)(H3,13,15,16,17). The Morgan fingerprint density at radius 2 is 2.11 bits per heavy atom. The van der Waals surface area contributed by atoms with E-state index in [2.05, 4.69) is 27.4 Å². The summed E-state index contributed by atoms with van der Waals surface area (Å²) < 4.78 is 0. The SMILES string of the molecule is CCc1ccccc1CNC(=O)c1nc(N)n[nH]1. The number of carbonyl (C=O) groups excluding carboxylic acids is 1. The predicted octanol–water partition coefficient (Wildman–Crippen LogP) is 0.879. The van der Waals surface area contributed by atoms with Crippen LogP contribution in [-0.4, -0.2) is 21.1 Å². The minimum absolute atomic E-state index is 0.0640. The number of aromatic nitrogens is 3. The van der Waals surface area contributed by atoms with Crippen LogP contribution in [0.4, 0.5) is 5.95 Å². The maximum Gasteiger partial charge on any atom is 0.288 e. The van der Waals surface area contributed by atoms with Gasteiger partial charge in [0.15, 0.2) is 0 Å². The maximum absolute atomic E-state index is 11.7. The van der Waals surface area contributed by atoms with Gasteiger partial charge in [-0.3, -0.25) is 9.89 Å². The van der Waals surface area contributed by atoms with E-state index in [-0.39, 0.29) is 17.7 Å². The Bertz CT molecular complexity index is 549. The van der Waals surface area contributed by atoms with Crippen LogP contribution in [0.1, 0.15) is 28.7 Å². The first-order valence-electron chi connectivity index (χ1n) is 5.73. The van der Waals surface area contributed by atoms with Crippen LogP contribution in [0.25, 0.3) is 0 Å². The van der Waals surface area contributed by atoms with Crippen molar-refractivity contribution in [3.8, 4) is 0 Å². The van der Waals surface area contributed by atoms with E-state index in [1.807, 2.05) is 24.3 Å². The lowest BCUT2D eigenvalue weighted by Crippen LogP contribution is -2.24. The minimum atomic E-state index is -0.315. The van der Waals surface area contributed by atoms with Gasteiger partial charge in [-0.25, -0.2) is 0 Å². The molecule has 0 aliphatic carbocycles. The summed E-state index contributed by atoms with van der Waals surface area (Å²) in [7, 11) is 0. The van der Waals surface area contributed by atoms with Crippen molar-refractivity contribution >= 4 is 11.9 Å². The number of nitrogens with zero attached hydrogens (tertiary/aromatic N) is 2. The molecule has 18 heavy (non-hydrogen) atoms. The van der Waals surface area contributed by atoms with Crippen molar-refractivity contribution in [3.05, 3.63) is 41.2 Å². The molecule has 0 radical (unpaired) electrons. The van der Waals surface area contributed by atoms with Gasteiger partial charge in [-0.15, -0.1) is 5.10 Å². The minimum Gasteiger partial charge on any atom is -0.366 e. The van der Waals surface area contributed by atoms with E-state index in [4.69, 9.17) is 5.73 Å². The molecule has 0 saturated heterocycles. The molecule has 6 heteroatoms. The van der Waals surface area contributed by atoms with Crippen LogP contribution in [-0.2, 0) is 13.0 Å². The largest absolute Gasteiger partial charge is 0.366 e. The Kier molecular flexibility index (Phi) is 3.57. The molecule has 6 nitrogen and oxygen atoms in total. The van der Waals surface area contributed by atoms with Gasteiger partial charge in [-0.05, 0) is 17.5 Å². The fraction of sp³-hybridized carbons (Fsp3) is 0.250. The van der Waals surface area contributed by atoms with E-state index in [9.17, 15) is 4.79 Å². The van der Waals surface area contributed by atoms with Crippen LogP contribution in [0.2, 0.25) is 0 Å². The van der Waals surface area contributed by atoms with Gasteiger partial charge in [0.1, 0.15) is 0 Å². The van der Waals surface area contributed by atoms with Crippen LogP contribution in [0.3, 0.4) is 0 Å². The van der Waals surface area contributed by atoms with Gasteiger partial charge < -0.3 is 11.1 Å². The summed E-state index contributed by atoms with van der Waals surface area (Å²) in [6, 6.07) is 7.98. The van der Waals surface area contributed by atoms with Crippen molar-refractivity contribution in [3.63, 3.8) is 0 Å². The van der Waals surface area contributed by atoms with Gasteiger partial charge >= 0.3 is 0 Å². The Labute approximate surface area is 105 Å². The zero-order valence-corrected chi connectivity index (χ0v) is 10.1. The molecule has 0 fully saturated rings. The van der Waals surface area contributed by atoms with Crippen LogP contribution >= 0.6 is 0 Å². The molecule has 4 N–H and O–H groups in total. The molecule has 2 rings (SSSR count). The fourth-order valence-corrected chi connectivity index (χ4v) is 1.71. The lowest BCUT2D eigenvalue weighted by Gasteiger charge is -2.07. The zero-order chi connectivity index (χ0) is 13.0. The highest BCUT2D eigenvalue weighted by atomic mass is 16.2. The molecule has 0 bridgehead atoms. The van der Waals surface area contributed by atoms with Crippen LogP contribution < -0.4 is 11.1 Å². The maximum atomic E-state index is 11.7. The fourth-order valence-electron chi connectivity index (χ4n) is 1.71. The molecule has 94 valence electrons. The monoisotopic (exact) mass is 245 g/mol. The number of aromatic amines is 1. The van der Waals surface area contributed by atoms with Crippen LogP contribution in [0.15, 0.2) is 24.3 Å². The number of nitrogen functional groups attached to an aromatic ring is 1. The van der Waals surface area contributed by atoms with Gasteiger partial charge in [0.2, 0.25) is 11.8 Å². The van der Waals surface area contributed by atoms with Crippen LogP contribution in [0, 0.1) is 0 Å². The summed E-state index contributed by atoms with van der Waals surface area (Å²) in [6.07, 6.45) is 0.932. The molecule has 1 amide bonds. The molecule has 1 heterocycles. The lowest BCUT2D eigenvalue weighted by molar-refractivity contribution is 0.0941. The Hall–Kier alpha value is -2.37. The number of hydrogen-bond acceptors (Lipinski definition) is 4. The van der Waals surface area contributed by atoms with Gasteiger partial charge in [0.05, 0.1) is 0 Å². The van der Waals surface area contributed by atoms with Gasteiger partial charge in [-0.2, -0.15) is 4.98 Å². The summed E-state index contributed by atoms with van der Waals surface area (Å²) in [5, 5.41) is 8.85. The summed E-state index contributed by atoms with van der Waals surface area (Å²) in [5.41, 5.74) is 7.65. The van der Waals surface area contributed by atoms with Gasteiger partial charge in [0.25, 0.3) is 5.91 Å². The molecule has 0 unspecified atom stereocenters. The molecule has 0 spiro atoms. The molecule has 0 aliphatic heterocycles. The number of carbonyl (C=O) groups is 1. The van der Waals surface area contributed by atoms with E-state index in [1.54, 1.807) is 0 Å². The van der Waals surface area contributed by atoms with Gasteiger partial charge in [0, 0.05) is 6.54 Å². The Balaban J connectivity index is 2.01. The first-order chi connectivity index (χ1) is 8.70. The molecule has 0 saturated carbocycles. The summed E-state index contributed by atoms with van der Waals surface area (Å²) in [6.45, 7) is 2.54. The average Bonchev–Trinajstić information content (AvgIpc) is 2.83. The summed E-state index contributed by atoms with van der Waals surface area (Å²) in [5.74, 6) is -0.124. The summed E-state index contributed by atoms with van der Waals surface area (Å²) in [4.78, 5) is 15.5. The molecule has 0 atom stereocenters. The average molecular weight is 245 g/mol. The third-order valence-corrected chi connectivity index (χ3v) is 2.66. The first-order valence-corrected chi connectivity index (χ1v) is 5.73. The number of amides is 1. The molecule has 1 aromatic heterocycles. The predicted molar refractivity (Wildman–Crippen MR) is 67.8 cm³/mol. The Morgan fingerprint density at radius 1 is 1.39 bits per heavy atom. The number of nitrogens with one attached hydrogen (secondary N) is 2. The van der Waals surface area contributed by atoms with Crippen molar-refractivity contribution < 1.29 is 4.79 Å². The lowest BCUT2D eigenvalue weighted by atomic mass is 10.1. The molecular formula is C12H15N5O. The van der Waals surface area contributed by atoms with Crippen molar-refractivity contribution in [1.82, 2.24) is 20.5 Å². The van der Waals surface area contributed by atoms with Crippen molar-refractivity contribution in [2.75, 3.05) is 5.73 Å². The van der Waals surface area contributed by atoms with E-state index in [1.165, 1.54) is 5.56 Å². The second kappa shape index (κ2) is 5.31. The molecule has 0 aliphatic rings. The number of H-pyrrole nitrogens is 1. The van der Waals surface area contributed by atoms with Gasteiger partial charge in [-0.1, -0.05) is 31.2 Å². The second-order valence-electron chi connectivity index (χ2n) is 3.85. The number of anilines is 1. The highest BCUT2D eigenvalue weighted by Crippen LogP contribution is 2.09. The zero-order valence-electron chi connectivity index (χ0n) is 10.1. The number of aryl methyl sites for hydroxylation is 1. The highest BCUT2D eigenvalue weighted by Gasteiger charge is 2.10. The molecular weight excluding hydrogens is 230 g/mol. The van der Waals surface area contributed by atoms with E-state index < -0.39 is 0 Å². The van der Waals surface area contributed by atoms with Crippen molar-refractivity contribution in [2.45, 2.75) is 19.9 Å². The second-order valence-corrected chi connectivity index (χ2v) is 3.85. The highest BCUT2D eigenvalue weighted by molar-refractivity contribution is 5.90. The molecule has 1 aromatic carbocycles. The number of nitrogens with two attached hydrogens (primary N) is 1. The smallest absolute Gasteiger partial charge is 0.288 e. The van der Waals surface area contributed by atoms with E-state index in [0.717, 1.165) is 12.0 Å². The van der Waals surface area contributed by atoms with E-state index in [0.29, 0.717) is 6.54 Å². The topological polar surface area (TPSA) is 96.7 Å². The first kappa shape index (κ1) is 12.1. The number of hydrogen-bond donors (Lipinski definition) is 3. The third kappa shape index (κ3) is 2.65. The van der Waals surface area contributed by atoms with Crippen molar-refractivity contribution in [1.29, 1.82) is 0 Å². The summed E-state index contributed by atoms with van der Waals surface area (Å²) >= 11 is 0. The van der Waals surface area contributed by atoms with Crippen LogP contribution in [0.5, 0.6) is 0 Å². The number of benzene rings is 1. The van der Waals surface area contributed by atoms with E-state index >= 15 is 0 Å². The number of rotatable bonds is 4. The van der Waals surface area contributed by atoms with Crippen molar-refractivity contribution in [2.24, 2.45) is 0 Å². The Morgan fingerprint density at radius 3 is 2.72 bits per heavy atom. The molecule has 2 aromatic rings. The third-order valence-electron chi connectivity index (χ3n) is 2.66. The quantitative estimate of drug-likeness (QED) is 0.744. The normalized spacial score (nSPS) is 10.3.